The van der Waals surface area contributed by atoms with Gasteiger partial charge >= 0.3 is 0 Å². The predicted molar refractivity (Wildman–Crippen MR) is 79.4 cm³/mol. The van der Waals surface area contributed by atoms with Crippen molar-refractivity contribution in [2.24, 2.45) is 11.5 Å². The third-order valence-corrected chi connectivity index (χ3v) is 3.37. The maximum Gasteiger partial charge on any atom is 0.0555 e. The quantitative estimate of drug-likeness (QED) is 0.543. The van der Waals surface area contributed by atoms with E-state index in [1.165, 1.54) is 0 Å². The number of hydrogen-bond donors (Lipinski definition) is 4. The van der Waals surface area contributed by atoms with Gasteiger partial charge in [-0.15, -0.1) is 24.8 Å². The first-order valence-electron chi connectivity index (χ1n) is 6.45. The van der Waals surface area contributed by atoms with Crippen LogP contribution in [0.3, 0.4) is 0 Å². The smallest absolute Gasteiger partial charge is 0.0555 e. The molecule has 0 spiro atoms. The Labute approximate surface area is 122 Å². The normalized spacial score (nSPS) is 35.3. The van der Waals surface area contributed by atoms with Crippen molar-refractivity contribution < 1.29 is 10.2 Å². The van der Waals surface area contributed by atoms with Gasteiger partial charge in [-0.1, -0.05) is 0 Å². The average molecular weight is 303 g/mol. The number of nitrogens with two attached hydrogens (primary N) is 2. The van der Waals surface area contributed by atoms with Crippen LogP contribution in [0.4, 0.5) is 0 Å². The maximum atomic E-state index is 9.00. The summed E-state index contributed by atoms with van der Waals surface area (Å²) in [6.45, 7) is 0. The molecule has 0 heterocycles. The molecule has 2 fully saturated rings. The summed E-state index contributed by atoms with van der Waals surface area (Å²) in [5.41, 5.74) is 11.1. The molecule has 2 saturated carbocycles. The summed E-state index contributed by atoms with van der Waals surface area (Å²) in [5.74, 6) is 0. The maximum absolute atomic E-state index is 9.00. The predicted octanol–water partition coefficient (Wildman–Crippen LogP) is 1.34. The van der Waals surface area contributed by atoms with Crippen LogP contribution in [0.1, 0.15) is 51.4 Å². The van der Waals surface area contributed by atoms with Crippen LogP contribution < -0.4 is 11.5 Å². The van der Waals surface area contributed by atoms with Gasteiger partial charge in [-0.25, -0.2) is 0 Å². The molecule has 0 amide bonds. The molecule has 0 bridgehead atoms. The lowest BCUT2D eigenvalue weighted by Crippen LogP contribution is -2.30. The lowest BCUT2D eigenvalue weighted by Gasteiger charge is -2.21. The van der Waals surface area contributed by atoms with Gasteiger partial charge in [0.05, 0.1) is 12.2 Å². The molecule has 0 aromatic heterocycles. The van der Waals surface area contributed by atoms with Crippen molar-refractivity contribution in [1.29, 1.82) is 0 Å². The van der Waals surface area contributed by atoms with Crippen molar-refractivity contribution in [3.05, 3.63) is 0 Å². The molecule has 0 aromatic carbocycles. The third kappa shape index (κ3) is 9.36. The summed E-state index contributed by atoms with van der Waals surface area (Å²) in [4.78, 5) is 0. The lowest BCUT2D eigenvalue weighted by molar-refractivity contribution is 0.120. The van der Waals surface area contributed by atoms with E-state index in [0.29, 0.717) is 0 Å². The number of halogens is 2. The minimum Gasteiger partial charge on any atom is -0.393 e. The summed E-state index contributed by atoms with van der Waals surface area (Å²) in [6.07, 6.45) is 7.68. The fourth-order valence-electron chi connectivity index (χ4n) is 2.40. The van der Waals surface area contributed by atoms with Gasteiger partial charge in [-0.2, -0.15) is 0 Å². The van der Waals surface area contributed by atoms with Crippen molar-refractivity contribution in [1.82, 2.24) is 0 Å². The van der Waals surface area contributed by atoms with Crippen molar-refractivity contribution in [3.63, 3.8) is 0 Å². The molecule has 2 aliphatic rings. The highest BCUT2D eigenvalue weighted by Gasteiger charge is 2.16. The van der Waals surface area contributed by atoms with Crippen LogP contribution in [0, 0.1) is 0 Å². The lowest BCUT2D eigenvalue weighted by atomic mass is 9.94. The first-order valence-corrected chi connectivity index (χ1v) is 6.45. The Morgan fingerprint density at radius 3 is 1.17 bits per heavy atom. The van der Waals surface area contributed by atoms with Gasteiger partial charge in [0.2, 0.25) is 0 Å². The van der Waals surface area contributed by atoms with E-state index in [-0.39, 0.29) is 49.1 Å². The standard InChI is InChI=1S/2C6H13NO.2ClH/c2*7-5-2-1-3-6(8)4-5;;/h2*5-6,8H,1-4,7H2;2*1H/t5-,6?;5-,6-;;/m10../s1. The molecule has 6 N–H and O–H groups in total. The zero-order valence-corrected chi connectivity index (χ0v) is 12.5. The van der Waals surface area contributed by atoms with E-state index in [9.17, 15) is 0 Å². The molecule has 112 valence electrons. The zero-order valence-electron chi connectivity index (χ0n) is 10.8. The van der Waals surface area contributed by atoms with Crippen LogP contribution in [0.15, 0.2) is 0 Å². The first-order chi connectivity index (χ1) is 7.58. The summed E-state index contributed by atoms with van der Waals surface area (Å²) < 4.78 is 0. The Kier molecular flexibility index (Phi) is 13.0. The van der Waals surface area contributed by atoms with Crippen LogP contribution >= 0.6 is 24.8 Å². The van der Waals surface area contributed by atoms with Gasteiger partial charge in [-0.05, 0) is 51.4 Å². The van der Waals surface area contributed by atoms with Crippen molar-refractivity contribution in [3.8, 4) is 0 Å². The number of rotatable bonds is 0. The van der Waals surface area contributed by atoms with E-state index in [1.54, 1.807) is 0 Å². The largest absolute Gasteiger partial charge is 0.393 e. The van der Waals surface area contributed by atoms with E-state index in [2.05, 4.69) is 0 Å². The van der Waals surface area contributed by atoms with Gasteiger partial charge in [-0.3, -0.25) is 0 Å². The molecule has 0 saturated heterocycles. The number of aliphatic hydroxyl groups is 2. The highest BCUT2D eigenvalue weighted by atomic mass is 35.5. The fraction of sp³-hybridized carbons (Fsp3) is 1.00. The molecule has 0 aromatic rings. The minimum absolute atomic E-state index is 0. The van der Waals surface area contributed by atoms with E-state index in [0.717, 1.165) is 51.4 Å². The molecule has 6 heteroatoms. The zero-order chi connectivity index (χ0) is 12.0. The Morgan fingerprint density at radius 2 is 1.00 bits per heavy atom. The van der Waals surface area contributed by atoms with E-state index in [4.69, 9.17) is 21.7 Å². The Bertz CT molecular complexity index is 163. The van der Waals surface area contributed by atoms with Crippen LogP contribution in [0.2, 0.25) is 0 Å². The second-order valence-corrected chi connectivity index (χ2v) is 5.16. The summed E-state index contributed by atoms with van der Waals surface area (Å²) in [6, 6.07) is 0.525. The summed E-state index contributed by atoms with van der Waals surface area (Å²) in [7, 11) is 0. The van der Waals surface area contributed by atoms with Gasteiger partial charge < -0.3 is 21.7 Å². The van der Waals surface area contributed by atoms with Gasteiger partial charge in [0.25, 0.3) is 0 Å². The molecule has 1 unspecified atom stereocenters. The molecule has 2 aliphatic carbocycles. The molecule has 4 nitrogen and oxygen atoms in total. The SMILES string of the molecule is Cl.Cl.N[C@@H]1CCCC(O)C1.N[C@H]1CCC[C@H](O)C1. The van der Waals surface area contributed by atoms with Crippen molar-refractivity contribution in [2.75, 3.05) is 0 Å². The molecule has 0 aliphatic heterocycles. The van der Waals surface area contributed by atoms with Crippen LogP contribution in [-0.2, 0) is 0 Å². The topological polar surface area (TPSA) is 92.5 Å². The van der Waals surface area contributed by atoms with E-state index >= 15 is 0 Å². The second-order valence-electron chi connectivity index (χ2n) is 5.16. The Balaban J connectivity index is 0. The van der Waals surface area contributed by atoms with Gasteiger partial charge in [0.15, 0.2) is 0 Å². The first kappa shape index (κ1) is 20.7. The summed E-state index contributed by atoms with van der Waals surface area (Å²) >= 11 is 0. The van der Waals surface area contributed by atoms with Crippen molar-refractivity contribution >= 4 is 24.8 Å². The van der Waals surface area contributed by atoms with Gasteiger partial charge in [0.1, 0.15) is 0 Å². The van der Waals surface area contributed by atoms with Crippen LogP contribution in [-0.4, -0.2) is 34.5 Å². The molecule has 18 heavy (non-hydrogen) atoms. The summed E-state index contributed by atoms with van der Waals surface area (Å²) in [5, 5.41) is 18.0. The highest BCUT2D eigenvalue weighted by molar-refractivity contribution is 5.85. The van der Waals surface area contributed by atoms with Crippen LogP contribution in [0.25, 0.3) is 0 Å². The molecular formula is C12H28Cl2N2O2. The average Bonchev–Trinajstić information content (AvgIpc) is 2.17. The third-order valence-electron chi connectivity index (χ3n) is 3.37. The molecular weight excluding hydrogens is 275 g/mol. The van der Waals surface area contributed by atoms with E-state index < -0.39 is 0 Å². The second kappa shape index (κ2) is 11.3. The van der Waals surface area contributed by atoms with Crippen molar-refractivity contribution in [2.45, 2.75) is 75.7 Å². The highest BCUT2D eigenvalue weighted by Crippen LogP contribution is 2.16. The van der Waals surface area contributed by atoms with E-state index in [1.807, 2.05) is 0 Å². The van der Waals surface area contributed by atoms with Gasteiger partial charge in [0, 0.05) is 12.1 Å². The Hall–Kier alpha value is 0.420. The number of aliphatic hydroxyl groups excluding tert-OH is 2. The monoisotopic (exact) mass is 302 g/mol. The molecule has 4 atom stereocenters. The Morgan fingerprint density at radius 1 is 0.667 bits per heavy atom. The molecule has 0 radical (unpaired) electrons. The van der Waals surface area contributed by atoms with Crippen LogP contribution in [0.5, 0.6) is 0 Å². The minimum atomic E-state index is -0.112. The molecule has 2 rings (SSSR count). The fourth-order valence-corrected chi connectivity index (χ4v) is 2.40. The number of hydrogen-bond acceptors (Lipinski definition) is 4.